The molecule has 0 amide bonds. The van der Waals surface area contributed by atoms with Gasteiger partial charge in [-0.25, -0.2) is 4.57 Å². The van der Waals surface area contributed by atoms with E-state index in [0.717, 1.165) is 0 Å². The number of phosphoric ester groups is 1. The lowest BCUT2D eigenvalue weighted by Crippen LogP contribution is -2.41. The predicted octanol–water partition coefficient (Wildman–Crippen LogP) is 5.16. The van der Waals surface area contributed by atoms with Crippen LogP contribution in [0.25, 0.3) is 0 Å². The van der Waals surface area contributed by atoms with Gasteiger partial charge < -0.3 is 13.7 Å². The average molecular weight is 415 g/mol. The molecular weight excluding hydrogens is 375 g/mol. The molecule has 0 rings (SSSR count). The van der Waals surface area contributed by atoms with Crippen LogP contribution in [0.3, 0.4) is 0 Å². The van der Waals surface area contributed by atoms with Crippen molar-refractivity contribution in [2.45, 2.75) is 77.8 Å². The molecule has 6 nitrogen and oxygen atoms in total. The summed E-state index contributed by atoms with van der Waals surface area (Å²) in [5.74, 6) is 0. The molecule has 0 radical (unpaired) electrons. The molecule has 0 aromatic rings. The molecular formula is C16H39O6PSi2. The molecule has 0 unspecified atom stereocenters. The zero-order valence-electron chi connectivity index (χ0n) is 17.8. The fourth-order valence-corrected chi connectivity index (χ4v) is 4.11. The van der Waals surface area contributed by atoms with Gasteiger partial charge in [-0.1, -0.05) is 41.5 Å². The Balaban J connectivity index is 4.14. The SMILES string of the molecule is CC(C)(C)[Si](C)(C)OCCOP(=O)(O)OCCO[Si](C)(C)C(C)(C)C. The van der Waals surface area contributed by atoms with E-state index in [0.29, 0.717) is 0 Å². The second-order valence-corrected chi connectivity index (χ2v) is 20.4. The highest BCUT2D eigenvalue weighted by atomic mass is 31.2. The van der Waals surface area contributed by atoms with E-state index in [4.69, 9.17) is 17.9 Å². The molecule has 0 fully saturated rings. The summed E-state index contributed by atoms with van der Waals surface area (Å²) in [4.78, 5) is 9.72. The summed E-state index contributed by atoms with van der Waals surface area (Å²) in [5, 5.41) is 0.182. The van der Waals surface area contributed by atoms with Crippen LogP contribution in [-0.2, 0) is 22.5 Å². The van der Waals surface area contributed by atoms with E-state index in [1.165, 1.54) is 0 Å². The monoisotopic (exact) mass is 414 g/mol. The van der Waals surface area contributed by atoms with E-state index in [1.807, 2.05) is 0 Å². The largest absolute Gasteiger partial charge is 0.472 e. The van der Waals surface area contributed by atoms with Gasteiger partial charge in [0.15, 0.2) is 16.6 Å². The van der Waals surface area contributed by atoms with Crippen LogP contribution >= 0.6 is 7.82 Å². The summed E-state index contributed by atoms with van der Waals surface area (Å²) in [5.41, 5.74) is 0. The van der Waals surface area contributed by atoms with Crippen molar-refractivity contribution in [2.24, 2.45) is 0 Å². The first-order valence-corrected chi connectivity index (χ1v) is 16.1. The molecule has 0 aliphatic rings. The molecule has 0 aliphatic carbocycles. The maximum atomic E-state index is 11.9. The molecule has 1 N–H and O–H groups in total. The smallest absolute Gasteiger partial charge is 0.414 e. The van der Waals surface area contributed by atoms with Crippen molar-refractivity contribution < 1.29 is 27.4 Å². The maximum Gasteiger partial charge on any atom is 0.472 e. The van der Waals surface area contributed by atoms with E-state index >= 15 is 0 Å². The number of phosphoric acid groups is 1. The Bertz CT molecular complexity index is 417. The third-order valence-corrected chi connectivity index (χ3v) is 15.3. The second kappa shape index (κ2) is 9.10. The highest BCUT2D eigenvalue weighted by Crippen LogP contribution is 2.43. The van der Waals surface area contributed by atoms with Crippen molar-refractivity contribution in [1.29, 1.82) is 0 Å². The molecule has 0 bridgehead atoms. The second-order valence-electron chi connectivity index (χ2n) is 9.35. The third-order valence-electron chi connectivity index (χ3n) is 5.21. The van der Waals surface area contributed by atoms with Crippen LogP contribution in [0.2, 0.25) is 36.3 Å². The van der Waals surface area contributed by atoms with Gasteiger partial charge in [0.25, 0.3) is 0 Å². The predicted molar refractivity (Wildman–Crippen MR) is 108 cm³/mol. The Kier molecular flexibility index (Phi) is 9.27. The standard InChI is InChI=1S/C16H39O6PSi2/c1-15(2,3)24(7,8)21-13-11-19-23(17,18)20-12-14-22-25(9,10)16(4,5)6/h11-14H2,1-10H3,(H,17,18). The van der Waals surface area contributed by atoms with Gasteiger partial charge in [0, 0.05) is 0 Å². The first kappa shape index (κ1) is 25.5. The van der Waals surface area contributed by atoms with Crippen LogP contribution < -0.4 is 0 Å². The van der Waals surface area contributed by atoms with Gasteiger partial charge in [-0.2, -0.15) is 0 Å². The Morgan fingerprint density at radius 2 is 1.00 bits per heavy atom. The summed E-state index contributed by atoms with van der Waals surface area (Å²) >= 11 is 0. The van der Waals surface area contributed by atoms with Crippen LogP contribution in [0.5, 0.6) is 0 Å². The van der Waals surface area contributed by atoms with Crippen molar-refractivity contribution in [3.8, 4) is 0 Å². The van der Waals surface area contributed by atoms with Crippen LogP contribution in [0.15, 0.2) is 0 Å². The lowest BCUT2D eigenvalue weighted by molar-refractivity contribution is 0.110. The Morgan fingerprint density at radius 1 is 0.720 bits per heavy atom. The minimum absolute atomic E-state index is 0.0311. The van der Waals surface area contributed by atoms with Crippen molar-refractivity contribution >= 4 is 24.5 Å². The topological polar surface area (TPSA) is 74.2 Å². The van der Waals surface area contributed by atoms with Gasteiger partial charge in [-0.15, -0.1) is 0 Å². The lowest BCUT2D eigenvalue weighted by atomic mass is 10.2. The molecule has 0 saturated heterocycles. The highest BCUT2D eigenvalue weighted by molar-refractivity contribution is 7.47. The normalized spacial score (nSPS) is 14.8. The number of rotatable bonds is 10. The van der Waals surface area contributed by atoms with Gasteiger partial charge in [0.05, 0.1) is 26.4 Å². The Hall–Kier alpha value is 0.464. The van der Waals surface area contributed by atoms with Gasteiger partial charge in [-0.3, -0.25) is 9.05 Å². The van der Waals surface area contributed by atoms with E-state index in [1.54, 1.807) is 0 Å². The quantitative estimate of drug-likeness (QED) is 0.302. The van der Waals surface area contributed by atoms with Gasteiger partial charge >= 0.3 is 7.82 Å². The summed E-state index contributed by atoms with van der Waals surface area (Å²) < 4.78 is 33.6. The molecule has 0 aromatic carbocycles. The maximum absolute atomic E-state index is 11.9. The third kappa shape index (κ3) is 9.28. The zero-order valence-corrected chi connectivity index (χ0v) is 20.7. The van der Waals surface area contributed by atoms with Crippen LogP contribution in [0.1, 0.15) is 41.5 Å². The number of hydrogen-bond acceptors (Lipinski definition) is 5. The van der Waals surface area contributed by atoms with Gasteiger partial charge in [-0.05, 0) is 36.3 Å². The first-order valence-electron chi connectivity index (χ1n) is 8.81. The molecule has 152 valence electrons. The van der Waals surface area contributed by atoms with Crippen molar-refractivity contribution in [3.63, 3.8) is 0 Å². The molecule has 0 aromatic heterocycles. The van der Waals surface area contributed by atoms with Crippen LogP contribution in [-0.4, -0.2) is 48.0 Å². The first-order chi connectivity index (χ1) is 10.9. The minimum Gasteiger partial charge on any atom is -0.414 e. The number of hydrogen-bond donors (Lipinski definition) is 1. The van der Waals surface area contributed by atoms with E-state index < -0.39 is 24.5 Å². The molecule has 9 heteroatoms. The summed E-state index contributed by atoms with van der Waals surface area (Å²) in [7, 11) is -7.82. The fourth-order valence-electron chi connectivity index (χ4n) is 1.37. The van der Waals surface area contributed by atoms with Crippen molar-refractivity contribution in [2.75, 3.05) is 26.4 Å². The summed E-state index contributed by atoms with van der Waals surface area (Å²) in [6.07, 6.45) is 0. The van der Waals surface area contributed by atoms with E-state index in [9.17, 15) is 9.46 Å². The van der Waals surface area contributed by atoms with E-state index in [-0.39, 0.29) is 36.5 Å². The lowest BCUT2D eigenvalue weighted by Gasteiger charge is -2.36. The van der Waals surface area contributed by atoms with Crippen molar-refractivity contribution in [1.82, 2.24) is 0 Å². The van der Waals surface area contributed by atoms with E-state index in [2.05, 4.69) is 67.7 Å². The molecule has 0 spiro atoms. The van der Waals surface area contributed by atoms with Gasteiger partial charge in [0.2, 0.25) is 0 Å². The summed E-state index contributed by atoms with van der Waals surface area (Å²) in [6, 6.07) is 0. The molecule has 25 heavy (non-hydrogen) atoms. The molecule has 0 aliphatic heterocycles. The van der Waals surface area contributed by atoms with Crippen LogP contribution in [0, 0.1) is 0 Å². The fraction of sp³-hybridized carbons (Fsp3) is 1.00. The van der Waals surface area contributed by atoms with Gasteiger partial charge in [0.1, 0.15) is 0 Å². The Morgan fingerprint density at radius 3 is 1.24 bits per heavy atom. The van der Waals surface area contributed by atoms with Crippen LogP contribution in [0.4, 0.5) is 0 Å². The Labute approximate surface area is 156 Å². The minimum atomic E-state index is -4.07. The molecule has 0 heterocycles. The molecule has 0 saturated carbocycles. The molecule has 0 atom stereocenters. The van der Waals surface area contributed by atoms with Crippen molar-refractivity contribution in [3.05, 3.63) is 0 Å². The average Bonchev–Trinajstić information content (AvgIpc) is 2.37. The zero-order chi connectivity index (χ0) is 20.2. The summed E-state index contributed by atoms with van der Waals surface area (Å²) in [6.45, 7) is 22.0. The highest BCUT2D eigenvalue weighted by Gasteiger charge is 2.38.